The molecule has 0 aliphatic carbocycles. The van der Waals surface area contributed by atoms with Crippen LogP contribution in [0.5, 0.6) is 0 Å². The van der Waals surface area contributed by atoms with Crippen molar-refractivity contribution < 1.29 is 14.0 Å². The van der Waals surface area contributed by atoms with E-state index in [1.807, 2.05) is 41.3 Å². The van der Waals surface area contributed by atoms with Crippen molar-refractivity contribution in [3.8, 4) is 0 Å². The highest BCUT2D eigenvalue weighted by atomic mass is 32.2. The minimum atomic E-state index is -0.625. The largest absolute Gasteiger partial charge is 0.354 e. The van der Waals surface area contributed by atoms with E-state index in [0.29, 0.717) is 31.8 Å². The molecule has 2 heterocycles. The first-order chi connectivity index (χ1) is 15.1. The molecule has 0 radical (unpaired) electrons. The van der Waals surface area contributed by atoms with Gasteiger partial charge in [-0.25, -0.2) is 4.39 Å². The molecule has 6 nitrogen and oxygen atoms in total. The van der Waals surface area contributed by atoms with E-state index in [0.717, 1.165) is 30.2 Å². The fraction of sp³-hybridized carbons (Fsp3) is 0.391. The summed E-state index contributed by atoms with van der Waals surface area (Å²) in [5.74, 6) is 0.138. The Bertz CT molecular complexity index is 919. The zero-order valence-electron chi connectivity index (χ0n) is 17.4. The van der Waals surface area contributed by atoms with Crippen LogP contribution in [0.15, 0.2) is 59.5 Å². The number of amides is 2. The van der Waals surface area contributed by atoms with E-state index in [4.69, 9.17) is 0 Å². The highest BCUT2D eigenvalue weighted by molar-refractivity contribution is 8.00. The number of carbonyl (C=O) groups excluding carboxylic acids is 2. The second-order valence-electron chi connectivity index (χ2n) is 7.90. The number of nitrogens with zero attached hydrogens (tertiary/aromatic N) is 2. The highest BCUT2D eigenvalue weighted by Gasteiger charge is 2.50. The van der Waals surface area contributed by atoms with E-state index in [-0.39, 0.29) is 17.6 Å². The maximum absolute atomic E-state index is 13.7. The summed E-state index contributed by atoms with van der Waals surface area (Å²) in [6.07, 6.45) is 1.35. The lowest BCUT2D eigenvalue weighted by atomic mass is 9.85. The molecule has 0 bridgehead atoms. The Balaban J connectivity index is 1.24. The first-order valence-corrected chi connectivity index (χ1v) is 11.5. The van der Waals surface area contributed by atoms with E-state index < -0.39 is 5.54 Å². The quantitative estimate of drug-likeness (QED) is 0.645. The number of hydrogen-bond acceptors (Lipinski definition) is 5. The maximum atomic E-state index is 13.7. The van der Waals surface area contributed by atoms with Crippen LogP contribution in [0.4, 0.5) is 10.1 Å². The summed E-state index contributed by atoms with van der Waals surface area (Å²) in [6.45, 7) is 3.25. The standard InChI is InChI=1S/C23H27FN4O2S/c24-18-5-4-6-19(15-18)28-17-26-22(30)23(28)9-12-27(13-10-23)14-11-25-21(29)16-31-20-7-2-1-3-8-20/h1-8,15H,9-14,16-17H2,(H,25,29)(H,26,30). The number of likely N-dealkylation sites (tertiary alicyclic amines) is 1. The third-order valence-electron chi connectivity index (χ3n) is 6.00. The number of halogens is 1. The SMILES string of the molecule is O=C(CSc1ccccc1)NCCN1CCC2(CC1)C(=O)NCN2c1cccc(F)c1. The molecule has 2 aromatic rings. The van der Waals surface area contributed by atoms with Gasteiger partial charge in [-0.3, -0.25) is 9.59 Å². The number of benzene rings is 2. The normalized spacial score (nSPS) is 18.2. The zero-order valence-corrected chi connectivity index (χ0v) is 18.2. The van der Waals surface area contributed by atoms with E-state index in [1.54, 1.807) is 6.07 Å². The first kappa shape index (κ1) is 21.6. The Hall–Kier alpha value is -2.58. The molecule has 31 heavy (non-hydrogen) atoms. The number of nitrogens with one attached hydrogen (secondary N) is 2. The topological polar surface area (TPSA) is 64.7 Å². The summed E-state index contributed by atoms with van der Waals surface area (Å²) >= 11 is 1.52. The Morgan fingerprint density at radius 3 is 2.65 bits per heavy atom. The molecule has 2 saturated heterocycles. The number of piperidine rings is 1. The van der Waals surface area contributed by atoms with Crippen LogP contribution >= 0.6 is 11.8 Å². The molecule has 8 heteroatoms. The van der Waals surface area contributed by atoms with Gasteiger partial charge < -0.3 is 20.4 Å². The Morgan fingerprint density at radius 1 is 1.13 bits per heavy atom. The molecule has 2 fully saturated rings. The average Bonchev–Trinajstić information content (AvgIpc) is 3.10. The summed E-state index contributed by atoms with van der Waals surface area (Å²) in [7, 11) is 0. The maximum Gasteiger partial charge on any atom is 0.247 e. The lowest BCUT2D eigenvalue weighted by Crippen LogP contribution is -2.57. The van der Waals surface area contributed by atoms with Gasteiger partial charge in [0.05, 0.1) is 12.4 Å². The summed E-state index contributed by atoms with van der Waals surface area (Å²) < 4.78 is 13.7. The number of hydrogen-bond donors (Lipinski definition) is 2. The summed E-state index contributed by atoms with van der Waals surface area (Å²) in [4.78, 5) is 30.1. The Kier molecular flexibility index (Phi) is 6.77. The van der Waals surface area contributed by atoms with Gasteiger partial charge in [0, 0.05) is 36.8 Å². The molecule has 0 unspecified atom stereocenters. The fourth-order valence-electron chi connectivity index (χ4n) is 4.29. The van der Waals surface area contributed by atoms with Gasteiger partial charge in [0.2, 0.25) is 11.8 Å². The van der Waals surface area contributed by atoms with Crippen molar-refractivity contribution in [2.75, 3.05) is 43.5 Å². The second-order valence-corrected chi connectivity index (χ2v) is 8.95. The van der Waals surface area contributed by atoms with E-state index in [2.05, 4.69) is 15.5 Å². The minimum Gasteiger partial charge on any atom is -0.354 e. The third kappa shape index (κ3) is 5.02. The van der Waals surface area contributed by atoms with E-state index in [9.17, 15) is 14.0 Å². The van der Waals surface area contributed by atoms with Crippen molar-refractivity contribution in [1.82, 2.24) is 15.5 Å². The van der Waals surface area contributed by atoms with Gasteiger partial charge in [0.25, 0.3) is 0 Å². The van der Waals surface area contributed by atoms with Gasteiger partial charge in [-0.05, 0) is 43.2 Å². The van der Waals surface area contributed by atoms with Gasteiger partial charge in [-0.2, -0.15) is 0 Å². The molecule has 164 valence electrons. The third-order valence-corrected chi connectivity index (χ3v) is 7.02. The smallest absolute Gasteiger partial charge is 0.247 e. The molecule has 2 N–H and O–H groups in total. The molecule has 0 saturated carbocycles. The van der Waals surface area contributed by atoms with Gasteiger partial charge in [0.1, 0.15) is 11.4 Å². The van der Waals surface area contributed by atoms with Crippen molar-refractivity contribution in [3.63, 3.8) is 0 Å². The summed E-state index contributed by atoms with van der Waals surface area (Å²) in [5, 5.41) is 5.91. The van der Waals surface area contributed by atoms with Crippen LogP contribution in [0.2, 0.25) is 0 Å². The van der Waals surface area contributed by atoms with Crippen molar-refractivity contribution in [3.05, 3.63) is 60.4 Å². The predicted molar refractivity (Wildman–Crippen MR) is 120 cm³/mol. The van der Waals surface area contributed by atoms with Gasteiger partial charge in [0.15, 0.2) is 0 Å². The number of carbonyl (C=O) groups is 2. The Labute approximate surface area is 186 Å². The van der Waals surface area contributed by atoms with Gasteiger partial charge in [-0.15, -0.1) is 11.8 Å². The van der Waals surface area contributed by atoms with E-state index >= 15 is 0 Å². The Morgan fingerprint density at radius 2 is 1.90 bits per heavy atom. The van der Waals surface area contributed by atoms with Crippen molar-refractivity contribution in [1.29, 1.82) is 0 Å². The van der Waals surface area contributed by atoms with Crippen LogP contribution in [0.25, 0.3) is 0 Å². The van der Waals surface area contributed by atoms with Crippen LogP contribution in [0, 0.1) is 5.82 Å². The highest BCUT2D eigenvalue weighted by Crippen LogP contribution is 2.36. The zero-order chi connectivity index (χ0) is 21.7. The number of rotatable bonds is 7. The van der Waals surface area contributed by atoms with Gasteiger partial charge >= 0.3 is 0 Å². The molecule has 2 aliphatic rings. The number of anilines is 1. The van der Waals surface area contributed by atoms with Gasteiger partial charge in [-0.1, -0.05) is 24.3 Å². The van der Waals surface area contributed by atoms with Crippen LogP contribution in [0.1, 0.15) is 12.8 Å². The van der Waals surface area contributed by atoms with Crippen molar-refractivity contribution in [2.45, 2.75) is 23.3 Å². The molecular weight excluding hydrogens is 415 g/mol. The predicted octanol–water partition coefficient (Wildman–Crippen LogP) is 2.46. The molecule has 1 spiro atoms. The fourth-order valence-corrected chi connectivity index (χ4v) is 5.03. The number of thioether (sulfide) groups is 1. The van der Waals surface area contributed by atoms with E-state index in [1.165, 1.54) is 23.9 Å². The van der Waals surface area contributed by atoms with Crippen molar-refractivity contribution in [2.24, 2.45) is 0 Å². The summed E-state index contributed by atoms with van der Waals surface area (Å²) in [5.41, 5.74) is 0.106. The molecule has 0 atom stereocenters. The van der Waals surface area contributed by atoms with Crippen LogP contribution < -0.4 is 15.5 Å². The second kappa shape index (κ2) is 9.70. The van der Waals surface area contributed by atoms with Crippen LogP contribution in [-0.4, -0.2) is 60.9 Å². The molecule has 0 aromatic heterocycles. The van der Waals surface area contributed by atoms with Crippen LogP contribution in [0.3, 0.4) is 0 Å². The minimum absolute atomic E-state index is 0.0163. The summed E-state index contributed by atoms with van der Waals surface area (Å²) in [6, 6.07) is 16.3. The molecule has 2 aliphatic heterocycles. The average molecular weight is 443 g/mol. The molecular formula is C23H27FN4O2S. The monoisotopic (exact) mass is 442 g/mol. The molecule has 2 aromatic carbocycles. The lowest BCUT2D eigenvalue weighted by molar-refractivity contribution is -0.125. The first-order valence-electron chi connectivity index (χ1n) is 10.6. The lowest BCUT2D eigenvalue weighted by Gasteiger charge is -2.43. The molecule has 4 rings (SSSR count). The molecule has 2 amide bonds. The van der Waals surface area contributed by atoms with Crippen molar-refractivity contribution >= 4 is 29.3 Å². The van der Waals surface area contributed by atoms with Crippen LogP contribution in [-0.2, 0) is 9.59 Å².